The molecule has 0 atom stereocenters. The number of aromatic carboxylic acids is 1. The smallest absolute Gasteiger partial charge is 0.337 e. The van der Waals surface area contributed by atoms with Crippen LogP contribution in [0.25, 0.3) is 0 Å². The van der Waals surface area contributed by atoms with Gasteiger partial charge >= 0.3 is 5.97 Å². The molecule has 0 aliphatic rings. The van der Waals surface area contributed by atoms with Crippen LogP contribution >= 0.6 is 11.6 Å². The SMILES string of the molecule is O=C(O)c1ccncc1NCCCOc1cccc(Cl)c1. The fourth-order valence-electron chi connectivity index (χ4n) is 1.76. The van der Waals surface area contributed by atoms with Gasteiger partial charge in [-0.3, -0.25) is 4.98 Å². The molecule has 0 bridgehead atoms. The third-order valence-electron chi connectivity index (χ3n) is 2.75. The molecule has 0 fully saturated rings. The number of ether oxygens (including phenoxy) is 1. The molecule has 0 saturated carbocycles. The predicted octanol–water partition coefficient (Wildman–Crippen LogP) is 3.31. The zero-order valence-corrected chi connectivity index (χ0v) is 12.0. The number of rotatable bonds is 7. The van der Waals surface area contributed by atoms with E-state index < -0.39 is 5.97 Å². The average Bonchev–Trinajstić information content (AvgIpc) is 2.47. The quantitative estimate of drug-likeness (QED) is 0.768. The van der Waals surface area contributed by atoms with Crippen molar-refractivity contribution in [3.63, 3.8) is 0 Å². The minimum atomic E-state index is -0.977. The van der Waals surface area contributed by atoms with Crippen LogP contribution in [0.15, 0.2) is 42.7 Å². The summed E-state index contributed by atoms with van der Waals surface area (Å²) in [5, 5.41) is 12.7. The van der Waals surface area contributed by atoms with E-state index in [9.17, 15) is 4.79 Å². The van der Waals surface area contributed by atoms with E-state index in [1.807, 2.05) is 12.1 Å². The Morgan fingerprint density at radius 2 is 2.24 bits per heavy atom. The van der Waals surface area contributed by atoms with Gasteiger partial charge in [0.15, 0.2) is 0 Å². The monoisotopic (exact) mass is 306 g/mol. The Morgan fingerprint density at radius 1 is 1.38 bits per heavy atom. The van der Waals surface area contributed by atoms with Gasteiger partial charge in [-0.25, -0.2) is 4.79 Å². The summed E-state index contributed by atoms with van der Waals surface area (Å²) in [6.45, 7) is 1.10. The summed E-state index contributed by atoms with van der Waals surface area (Å²) in [5.41, 5.74) is 0.716. The Kier molecular flexibility index (Phi) is 5.40. The van der Waals surface area contributed by atoms with Gasteiger partial charge in [-0.05, 0) is 30.7 Å². The largest absolute Gasteiger partial charge is 0.493 e. The number of carboxylic acid groups (broad SMARTS) is 1. The third kappa shape index (κ3) is 4.65. The molecule has 0 saturated heterocycles. The van der Waals surface area contributed by atoms with Crippen molar-refractivity contribution in [1.82, 2.24) is 4.98 Å². The zero-order valence-electron chi connectivity index (χ0n) is 11.3. The summed E-state index contributed by atoms with van der Waals surface area (Å²) in [6.07, 6.45) is 3.68. The molecule has 1 aromatic carbocycles. The molecule has 2 aromatic rings. The van der Waals surface area contributed by atoms with Crippen LogP contribution < -0.4 is 10.1 Å². The fourth-order valence-corrected chi connectivity index (χ4v) is 1.94. The first kappa shape index (κ1) is 15.1. The summed E-state index contributed by atoms with van der Waals surface area (Å²) in [4.78, 5) is 14.9. The van der Waals surface area contributed by atoms with Crippen molar-refractivity contribution in [2.75, 3.05) is 18.5 Å². The normalized spacial score (nSPS) is 10.1. The number of hydrogen-bond acceptors (Lipinski definition) is 4. The predicted molar refractivity (Wildman–Crippen MR) is 81.3 cm³/mol. The van der Waals surface area contributed by atoms with E-state index in [-0.39, 0.29) is 5.56 Å². The van der Waals surface area contributed by atoms with Crippen LogP contribution in [0.4, 0.5) is 5.69 Å². The number of nitrogens with zero attached hydrogens (tertiary/aromatic N) is 1. The standard InChI is InChI=1S/C15H15ClN2O3/c16-11-3-1-4-12(9-11)21-8-2-6-18-14-10-17-7-5-13(14)15(19)20/h1,3-5,7,9-10,18H,2,6,8H2,(H,19,20). The molecule has 2 rings (SSSR count). The summed E-state index contributed by atoms with van der Waals surface area (Å²) in [5.74, 6) is -0.259. The molecule has 1 heterocycles. The van der Waals surface area contributed by atoms with E-state index in [2.05, 4.69) is 10.3 Å². The van der Waals surface area contributed by atoms with E-state index in [4.69, 9.17) is 21.4 Å². The van der Waals surface area contributed by atoms with Gasteiger partial charge in [0.1, 0.15) is 5.75 Å². The first-order valence-corrected chi connectivity index (χ1v) is 6.84. The molecular formula is C15H15ClN2O3. The van der Waals surface area contributed by atoms with Gasteiger partial charge in [-0.15, -0.1) is 0 Å². The van der Waals surface area contributed by atoms with Gasteiger partial charge in [-0.1, -0.05) is 17.7 Å². The van der Waals surface area contributed by atoms with Crippen molar-refractivity contribution in [2.45, 2.75) is 6.42 Å². The molecule has 5 nitrogen and oxygen atoms in total. The van der Waals surface area contributed by atoms with Crippen LogP contribution in [0.1, 0.15) is 16.8 Å². The average molecular weight is 307 g/mol. The van der Waals surface area contributed by atoms with E-state index in [1.165, 1.54) is 18.5 Å². The summed E-state index contributed by atoms with van der Waals surface area (Å²) in [7, 11) is 0. The minimum Gasteiger partial charge on any atom is -0.493 e. The highest BCUT2D eigenvalue weighted by molar-refractivity contribution is 6.30. The van der Waals surface area contributed by atoms with Crippen LogP contribution in [-0.4, -0.2) is 29.2 Å². The lowest BCUT2D eigenvalue weighted by Gasteiger charge is -2.09. The first-order valence-electron chi connectivity index (χ1n) is 6.46. The fraction of sp³-hybridized carbons (Fsp3) is 0.200. The number of nitrogens with one attached hydrogen (secondary N) is 1. The molecule has 2 N–H and O–H groups in total. The number of benzene rings is 1. The van der Waals surface area contributed by atoms with Crippen LogP contribution in [0.5, 0.6) is 5.75 Å². The Hall–Kier alpha value is -2.27. The second-order valence-electron chi connectivity index (χ2n) is 4.31. The van der Waals surface area contributed by atoms with Crippen molar-refractivity contribution in [3.8, 4) is 5.75 Å². The number of hydrogen-bond donors (Lipinski definition) is 2. The Bertz CT molecular complexity index is 619. The molecule has 0 amide bonds. The highest BCUT2D eigenvalue weighted by Gasteiger charge is 2.08. The lowest BCUT2D eigenvalue weighted by atomic mass is 10.2. The van der Waals surface area contributed by atoms with Crippen LogP contribution in [0.3, 0.4) is 0 Å². The Labute approximate surface area is 127 Å². The van der Waals surface area contributed by atoms with Gasteiger partial charge in [0.25, 0.3) is 0 Å². The molecule has 0 spiro atoms. The van der Waals surface area contributed by atoms with E-state index in [0.29, 0.717) is 23.9 Å². The lowest BCUT2D eigenvalue weighted by Crippen LogP contribution is -2.10. The summed E-state index contributed by atoms with van der Waals surface area (Å²) >= 11 is 5.86. The van der Waals surface area contributed by atoms with Gasteiger partial charge in [0.2, 0.25) is 0 Å². The van der Waals surface area contributed by atoms with Crippen molar-refractivity contribution in [3.05, 3.63) is 53.3 Å². The van der Waals surface area contributed by atoms with Gasteiger partial charge in [0.05, 0.1) is 24.1 Å². The Balaban J connectivity index is 1.76. The maximum atomic E-state index is 11.0. The molecule has 0 aliphatic carbocycles. The maximum Gasteiger partial charge on any atom is 0.337 e. The number of carbonyl (C=O) groups is 1. The Morgan fingerprint density at radius 3 is 3.00 bits per heavy atom. The number of carboxylic acids is 1. The minimum absolute atomic E-state index is 0.209. The van der Waals surface area contributed by atoms with E-state index >= 15 is 0 Å². The van der Waals surface area contributed by atoms with Crippen molar-refractivity contribution in [2.24, 2.45) is 0 Å². The zero-order chi connectivity index (χ0) is 15.1. The highest BCUT2D eigenvalue weighted by atomic mass is 35.5. The number of aromatic nitrogens is 1. The molecule has 0 radical (unpaired) electrons. The van der Waals surface area contributed by atoms with Crippen LogP contribution in [-0.2, 0) is 0 Å². The molecule has 0 aliphatic heterocycles. The third-order valence-corrected chi connectivity index (χ3v) is 2.99. The molecule has 6 heteroatoms. The molecule has 110 valence electrons. The van der Waals surface area contributed by atoms with Gasteiger partial charge < -0.3 is 15.2 Å². The number of halogens is 1. The second kappa shape index (κ2) is 7.50. The van der Waals surface area contributed by atoms with Crippen molar-refractivity contribution < 1.29 is 14.6 Å². The number of pyridine rings is 1. The highest BCUT2D eigenvalue weighted by Crippen LogP contribution is 2.17. The van der Waals surface area contributed by atoms with E-state index in [0.717, 1.165) is 12.2 Å². The molecular weight excluding hydrogens is 292 g/mol. The molecule has 1 aromatic heterocycles. The molecule has 0 unspecified atom stereocenters. The van der Waals surface area contributed by atoms with Crippen LogP contribution in [0.2, 0.25) is 5.02 Å². The van der Waals surface area contributed by atoms with Gasteiger partial charge in [0, 0.05) is 17.8 Å². The second-order valence-corrected chi connectivity index (χ2v) is 4.75. The topological polar surface area (TPSA) is 71.5 Å². The first-order chi connectivity index (χ1) is 10.2. The lowest BCUT2D eigenvalue weighted by molar-refractivity contribution is 0.0698. The summed E-state index contributed by atoms with van der Waals surface area (Å²) < 4.78 is 5.55. The number of anilines is 1. The maximum absolute atomic E-state index is 11.0. The van der Waals surface area contributed by atoms with Crippen LogP contribution in [0, 0.1) is 0 Å². The molecule has 21 heavy (non-hydrogen) atoms. The van der Waals surface area contributed by atoms with Crippen molar-refractivity contribution in [1.29, 1.82) is 0 Å². The van der Waals surface area contributed by atoms with Crippen molar-refractivity contribution >= 4 is 23.3 Å². The van der Waals surface area contributed by atoms with E-state index in [1.54, 1.807) is 12.1 Å². The summed E-state index contributed by atoms with van der Waals surface area (Å²) in [6, 6.07) is 8.66. The van der Waals surface area contributed by atoms with Gasteiger partial charge in [-0.2, -0.15) is 0 Å².